The highest BCUT2D eigenvalue weighted by atomic mass is 15.1. The lowest BCUT2D eigenvalue weighted by Crippen LogP contribution is -2.21. The van der Waals surface area contributed by atoms with E-state index in [1.807, 2.05) is 0 Å². The smallest absolute Gasteiger partial charge is 0.0462 e. The first-order chi connectivity index (χ1) is 20.5. The minimum atomic E-state index is 0.987. The molecule has 0 aliphatic heterocycles. The Labute approximate surface area is 250 Å². The monoisotopic (exact) mass is 546 g/mol. The van der Waals surface area contributed by atoms with Crippen molar-refractivity contribution >= 4 is 46.6 Å². The molecule has 5 aromatic rings. The first kappa shape index (κ1) is 27.4. The molecule has 0 saturated heterocycles. The van der Waals surface area contributed by atoms with Crippen LogP contribution in [-0.4, -0.2) is 13.1 Å². The number of nitrogens with zero attached hydrogens (tertiary/aromatic N) is 2. The van der Waals surface area contributed by atoms with E-state index in [9.17, 15) is 0 Å². The molecule has 2 nitrogen and oxygen atoms in total. The van der Waals surface area contributed by atoms with E-state index in [1.54, 1.807) is 0 Å². The molecule has 0 aromatic heterocycles. The number of hydrogen-bond donors (Lipinski definition) is 0. The second-order valence-electron chi connectivity index (χ2n) is 11.0. The van der Waals surface area contributed by atoms with E-state index in [-0.39, 0.29) is 0 Å². The highest BCUT2D eigenvalue weighted by Crippen LogP contribution is 2.39. The molecule has 0 N–H and O–H groups in total. The molecule has 42 heavy (non-hydrogen) atoms. The predicted octanol–water partition coefficient (Wildman–Crippen LogP) is 10.7. The van der Waals surface area contributed by atoms with Gasteiger partial charge in [-0.15, -0.1) is 0 Å². The SMILES string of the molecule is CCN(CC)c1ccc2c(c1)C(=Cc1ccc(N(c3ccc(C)cc3)c3ccc(C)cc3)cc1)c1ccccc1C=C2. The van der Waals surface area contributed by atoms with E-state index in [1.165, 1.54) is 50.2 Å². The topological polar surface area (TPSA) is 6.48 Å². The molecule has 5 aromatic carbocycles. The van der Waals surface area contributed by atoms with Gasteiger partial charge in [0.1, 0.15) is 0 Å². The van der Waals surface area contributed by atoms with E-state index < -0.39 is 0 Å². The minimum absolute atomic E-state index is 0.987. The number of hydrogen-bond acceptors (Lipinski definition) is 2. The van der Waals surface area contributed by atoms with Gasteiger partial charge in [0.25, 0.3) is 0 Å². The number of anilines is 4. The van der Waals surface area contributed by atoms with Gasteiger partial charge in [-0.05, 0) is 116 Å². The molecular formula is C40H38N2. The maximum Gasteiger partial charge on any atom is 0.0462 e. The largest absolute Gasteiger partial charge is 0.372 e. The third-order valence-electron chi connectivity index (χ3n) is 8.20. The summed E-state index contributed by atoms with van der Waals surface area (Å²) in [5, 5.41) is 0. The maximum atomic E-state index is 2.41. The molecule has 2 heteroatoms. The van der Waals surface area contributed by atoms with Crippen LogP contribution >= 0.6 is 0 Å². The van der Waals surface area contributed by atoms with Gasteiger partial charge in [-0.2, -0.15) is 0 Å². The van der Waals surface area contributed by atoms with Gasteiger partial charge in [0.05, 0.1) is 0 Å². The summed E-state index contributed by atoms with van der Waals surface area (Å²) in [6.07, 6.45) is 6.85. The van der Waals surface area contributed by atoms with Gasteiger partial charge in [-0.25, -0.2) is 0 Å². The molecule has 0 saturated carbocycles. The Morgan fingerprint density at radius 2 is 1.02 bits per heavy atom. The van der Waals surface area contributed by atoms with Gasteiger partial charge in [-0.3, -0.25) is 0 Å². The van der Waals surface area contributed by atoms with Crippen molar-refractivity contribution in [3.63, 3.8) is 0 Å². The molecule has 208 valence electrons. The molecular weight excluding hydrogens is 508 g/mol. The van der Waals surface area contributed by atoms with Crippen LogP contribution < -0.4 is 9.80 Å². The van der Waals surface area contributed by atoms with Crippen molar-refractivity contribution in [3.05, 3.63) is 154 Å². The molecule has 0 bridgehead atoms. The van der Waals surface area contributed by atoms with Crippen LogP contribution in [0.2, 0.25) is 0 Å². The quantitative estimate of drug-likeness (QED) is 0.196. The van der Waals surface area contributed by atoms with Crippen molar-refractivity contribution in [2.45, 2.75) is 27.7 Å². The highest BCUT2D eigenvalue weighted by Gasteiger charge is 2.17. The third-order valence-corrected chi connectivity index (χ3v) is 8.20. The zero-order chi connectivity index (χ0) is 29.1. The molecule has 1 aliphatic rings. The number of fused-ring (bicyclic) bond motifs is 2. The summed E-state index contributed by atoms with van der Waals surface area (Å²) in [6, 6.07) is 42.1. The Balaban J connectivity index is 1.44. The summed E-state index contributed by atoms with van der Waals surface area (Å²) in [4.78, 5) is 4.74. The van der Waals surface area contributed by atoms with Crippen LogP contribution in [0.25, 0.3) is 23.8 Å². The third kappa shape index (κ3) is 5.53. The van der Waals surface area contributed by atoms with Crippen molar-refractivity contribution < 1.29 is 0 Å². The highest BCUT2D eigenvalue weighted by molar-refractivity contribution is 6.00. The lowest BCUT2D eigenvalue weighted by molar-refractivity contribution is 0.866. The molecule has 0 atom stereocenters. The zero-order valence-corrected chi connectivity index (χ0v) is 25.0. The molecule has 0 amide bonds. The molecule has 0 radical (unpaired) electrons. The van der Waals surface area contributed by atoms with E-state index >= 15 is 0 Å². The van der Waals surface area contributed by atoms with E-state index in [4.69, 9.17) is 0 Å². The summed E-state index contributed by atoms with van der Waals surface area (Å²) in [5.74, 6) is 0. The summed E-state index contributed by atoms with van der Waals surface area (Å²) in [6.45, 7) is 10.7. The van der Waals surface area contributed by atoms with Gasteiger partial charge in [0, 0.05) is 35.8 Å². The van der Waals surface area contributed by atoms with Gasteiger partial charge in [-0.1, -0.05) is 90.0 Å². The van der Waals surface area contributed by atoms with Crippen molar-refractivity contribution in [1.29, 1.82) is 0 Å². The van der Waals surface area contributed by atoms with Crippen LogP contribution in [0.1, 0.15) is 52.8 Å². The normalized spacial score (nSPS) is 12.9. The van der Waals surface area contributed by atoms with Crippen molar-refractivity contribution in [3.8, 4) is 0 Å². The predicted molar refractivity (Wildman–Crippen MR) is 183 cm³/mol. The second kappa shape index (κ2) is 12.0. The Hall–Kier alpha value is -4.82. The van der Waals surface area contributed by atoms with Crippen LogP contribution in [0, 0.1) is 13.8 Å². The van der Waals surface area contributed by atoms with Gasteiger partial charge < -0.3 is 9.80 Å². The lowest BCUT2D eigenvalue weighted by atomic mass is 9.91. The summed E-state index contributed by atoms with van der Waals surface area (Å²) in [7, 11) is 0. The van der Waals surface area contributed by atoms with Crippen LogP contribution in [-0.2, 0) is 0 Å². The fourth-order valence-electron chi connectivity index (χ4n) is 5.80. The van der Waals surface area contributed by atoms with Gasteiger partial charge in [0.15, 0.2) is 0 Å². The maximum absolute atomic E-state index is 2.41. The Morgan fingerprint density at radius 1 is 0.524 bits per heavy atom. The van der Waals surface area contributed by atoms with Gasteiger partial charge in [0.2, 0.25) is 0 Å². The summed E-state index contributed by atoms with van der Waals surface area (Å²) >= 11 is 0. The first-order valence-corrected chi connectivity index (χ1v) is 15.0. The fourth-order valence-corrected chi connectivity index (χ4v) is 5.80. The first-order valence-electron chi connectivity index (χ1n) is 15.0. The Bertz CT molecular complexity index is 1690. The molecule has 0 unspecified atom stereocenters. The average molecular weight is 547 g/mol. The van der Waals surface area contributed by atoms with Crippen molar-refractivity contribution in [2.24, 2.45) is 0 Å². The van der Waals surface area contributed by atoms with Crippen LogP contribution in [0.3, 0.4) is 0 Å². The number of rotatable bonds is 7. The summed E-state index contributed by atoms with van der Waals surface area (Å²) < 4.78 is 0. The molecule has 0 heterocycles. The van der Waals surface area contributed by atoms with Gasteiger partial charge >= 0.3 is 0 Å². The molecule has 6 rings (SSSR count). The van der Waals surface area contributed by atoms with Crippen LogP contribution in [0.4, 0.5) is 22.7 Å². The average Bonchev–Trinajstić information content (AvgIpc) is 3.17. The minimum Gasteiger partial charge on any atom is -0.372 e. The van der Waals surface area contributed by atoms with E-state index in [0.717, 1.165) is 30.2 Å². The molecule has 1 aliphatic carbocycles. The molecule has 0 fully saturated rings. The van der Waals surface area contributed by atoms with E-state index in [2.05, 4.69) is 171 Å². The zero-order valence-electron chi connectivity index (χ0n) is 25.0. The standard InChI is InChI=1S/C40H38N2/c1-5-41(6-2)37-26-19-33-18-17-32-9-7-8-10-38(32)40(39(33)28-37)27-31-15-24-36(25-16-31)42(34-20-11-29(3)12-21-34)35-22-13-30(4)14-23-35/h7-28H,5-6H2,1-4H3. The van der Waals surface area contributed by atoms with Crippen LogP contribution in [0.15, 0.2) is 115 Å². The Kier molecular flexibility index (Phi) is 7.79. The Morgan fingerprint density at radius 3 is 1.60 bits per heavy atom. The van der Waals surface area contributed by atoms with Crippen molar-refractivity contribution in [1.82, 2.24) is 0 Å². The fraction of sp³-hybridized carbons (Fsp3) is 0.150. The van der Waals surface area contributed by atoms with E-state index in [0.29, 0.717) is 0 Å². The molecule has 0 spiro atoms. The van der Waals surface area contributed by atoms with Crippen molar-refractivity contribution in [2.75, 3.05) is 22.9 Å². The number of aryl methyl sites for hydroxylation is 2. The number of benzene rings is 5. The lowest BCUT2D eigenvalue weighted by Gasteiger charge is -2.26. The second-order valence-corrected chi connectivity index (χ2v) is 11.0. The van der Waals surface area contributed by atoms with Crippen LogP contribution in [0.5, 0.6) is 0 Å². The summed E-state index contributed by atoms with van der Waals surface area (Å²) in [5.41, 5.74) is 14.7.